The molecule has 0 fully saturated rings. The minimum Gasteiger partial charge on any atom is -0.423 e. The van der Waals surface area contributed by atoms with Crippen molar-refractivity contribution in [1.29, 1.82) is 0 Å². The highest BCUT2D eigenvalue weighted by molar-refractivity contribution is 6.27. The Bertz CT molecular complexity index is 1080. The standard InChI is InChI=1S/C22H16O2/c1-14(2)22(23)24-20-13-7-12-19-17-9-4-3-8-15(17)16-10-5-6-11-18(16)21(19)20/h3-13H,1H2,2H3. The molecule has 4 aromatic carbocycles. The van der Waals surface area contributed by atoms with Crippen LogP contribution in [-0.2, 0) is 4.79 Å². The lowest BCUT2D eigenvalue weighted by Crippen LogP contribution is -2.08. The Hall–Kier alpha value is -3.13. The fraction of sp³-hybridized carbons (Fsp3) is 0.0455. The highest BCUT2D eigenvalue weighted by Gasteiger charge is 2.14. The molecule has 116 valence electrons. The fourth-order valence-electron chi connectivity index (χ4n) is 3.19. The zero-order valence-electron chi connectivity index (χ0n) is 13.4. The SMILES string of the molecule is C=C(C)C(=O)Oc1cccc2c3ccccc3c3ccccc3c12. The van der Waals surface area contributed by atoms with E-state index in [4.69, 9.17) is 4.74 Å². The predicted octanol–water partition coefficient (Wildman–Crippen LogP) is 5.63. The van der Waals surface area contributed by atoms with Crippen LogP contribution in [0.5, 0.6) is 5.75 Å². The molecule has 4 rings (SSSR count). The summed E-state index contributed by atoms with van der Waals surface area (Å²) in [4.78, 5) is 12.0. The number of carbonyl (C=O) groups is 1. The molecule has 4 aromatic rings. The minimum absolute atomic E-state index is 0.386. The van der Waals surface area contributed by atoms with Gasteiger partial charge in [0.25, 0.3) is 0 Å². The average molecular weight is 312 g/mol. The van der Waals surface area contributed by atoms with Crippen molar-refractivity contribution in [1.82, 2.24) is 0 Å². The summed E-state index contributed by atoms with van der Waals surface area (Å²) in [5.74, 6) is 0.169. The number of rotatable bonds is 2. The van der Waals surface area contributed by atoms with Crippen LogP contribution < -0.4 is 4.74 Å². The van der Waals surface area contributed by atoms with Gasteiger partial charge in [-0.1, -0.05) is 67.2 Å². The molecular formula is C22H16O2. The van der Waals surface area contributed by atoms with Gasteiger partial charge in [-0.3, -0.25) is 0 Å². The highest BCUT2D eigenvalue weighted by atomic mass is 16.5. The van der Waals surface area contributed by atoms with Gasteiger partial charge < -0.3 is 4.74 Å². The Kier molecular flexibility index (Phi) is 3.31. The van der Waals surface area contributed by atoms with Crippen LogP contribution in [0, 0.1) is 0 Å². The highest BCUT2D eigenvalue weighted by Crippen LogP contribution is 2.39. The molecule has 0 unspecified atom stereocenters. The van der Waals surface area contributed by atoms with Crippen molar-refractivity contribution >= 4 is 38.3 Å². The molecule has 0 bridgehead atoms. The molecule has 0 saturated heterocycles. The van der Waals surface area contributed by atoms with E-state index in [-0.39, 0.29) is 0 Å². The van der Waals surface area contributed by atoms with Crippen molar-refractivity contribution in [2.75, 3.05) is 0 Å². The maximum Gasteiger partial charge on any atom is 0.338 e. The first-order valence-electron chi connectivity index (χ1n) is 7.86. The van der Waals surface area contributed by atoms with Crippen LogP contribution in [0.3, 0.4) is 0 Å². The Morgan fingerprint density at radius 1 is 0.750 bits per heavy atom. The second-order valence-electron chi connectivity index (χ2n) is 5.94. The summed E-state index contributed by atoms with van der Waals surface area (Å²) in [7, 11) is 0. The zero-order chi connectivity index (χ0) is 16.7. The molecule has 0 aromatic heterocycles. The van der Waals surface area contributed by atoms with Gasteiger partial charge in [0.15, 0.2) is 0 Å². The molecule has 0 atom stereocenters. The maximum atomic E-state index is 12.0. The Morgan fingerprint density at radius 3 is 1.75 bits per heavy atom. The molecule has 0 N–H and O–H groups in total. The van der Waals surface area contributed by atoms with Gasteiger partial charge in [0, 0.05) is 11.0 Å². The molecule has 2 nitrogen and oxygen atoms in total. The quantitative estimate of drug-likeness (QED) is 0.207. The van der Waals surface area contributed by atoms with Crippen LogP contribution in [0.2, 0.25) is 0 Å². The van der Waals surface area contributed by atoms with Crippen LogP contribution in [-0.4, -0.2) is 5.97 Å². The first kappa shape index (κ1) is 14.5. The Labute approximate surface area is 140 Å². The number of hydrogen-bond donors (Lipinski definition) is 0. The zero-order valence-corrected chi connectivity index (χ0v) is 13.4. The van der Waals surface area contributed by atoms with Gasteiger partial charge in [-0.05, 0) is 39.9 Å². The van der Waals surface area contributed by atoms with Gasteiger partial charge in [0.05, 0.1) is 0 Å². The number of hydrogen-bond acceptors (Lipinski definition) is 2. The van der Waals surface area contributed by atoms with E-state index in [1.807, 2.05) is 36.4 Å². The number of ether oxygens (including phenoxy) is 1. The van der Waals surface area contributed by atoms with E-state index in [0.717, 1.165) is 26.9 Å². The fourth-order valence-corrected chi connectivity index (χ4v) is 3.19. The molecule has 0 heterocycles. The van der Waals surface area contributed by atoms with E-state index in [1.54, 1.807) is 6.92 Å². The van der Waals surface area contributed by atoms with Crippen LogP contribution >= 0.6 is 0 Å². The van der Waals surface area contributed by atoms with E-state index in [9.17, 15) is 4.79 Å². The van der Waals surface area contributed by atoms with E-state index < -0.39 is 5.97 Å². The summed E-state index contributed by atoms with van der Waals surface area (Å²) in [5, 5.41) is 6.62. The monoisotopic (exact) mass is 312 g/mol. The lowest BCUT2D eigenvalue weighted by atomic mass is 9.94. The van der Waals surface area contributed by atoms with Gasteiger partial charge in [-0.15, -0.1) is 0 Å². The summed E-state index contributed by atoms with van der Waals surface area (Å²) in [6, 6.07) is 22.4. The van der Waals surface area contributed by atoms with Gasteiger partial charge in [-0.25, -0.2) is 4.79 Å². The van der Waals surface area contributed by atoms with Gasteiger partial charge in [0.2, 0.25) is 0 Å². The summed E-state index contributed by atoms with van der Waals surface area (Å²) in [6.45, 7) is 5.32. The van der Waals surface area contributed by atoms with Crippen molar-refractivity contribution in [2.24, 2.45) is 0 Å². The number of carbonyl (C=O) groups excluding carboxylic acids is 1. The summed E-state index contributed by atoms with van der Waals surface area (Å²) in [5.41, 5.74) is 0.386. The lowest BCUT2D eigenvalue weighted by Gasteiger charge is -2.13. The molecule has 0 saturated carbocycles. The minimum atomic E-state index is -0.403. The largest absolute Gasteiger partial charge is 0.423 e. The van der Waals surface area contributed by atoms with Gasteiger partial charge in [0.1, 0.15) is 5.75 Å². The second-order valence-corrected chi connectivity index (χ2v) is 5.94. The van der Waals surface area contributed by atoms with Crippen LogP contribution in [0.25, 0.3) is 32.3 Å². The predicted molar refractivity (Wildman–Crippen MR) is 99.4 cm³/mol. The van der Waals surface area contributed by atoms with E-state index in [2.05, 4.69) is 36.9 Å². The summed E-state index contributed by atoms with van der Waals surface area (Å²) in [6.07, 6.45) is 0. The Balaban J connectivity index is 2.17. The molecule has 2 heteroatoms. The Morgan fingerprint density at radius 2 is 1.21 bits per heavy atom. The number of benzene rings is 4. The van der Waals surface area contributed by atoms with Crippen molar-refractivity contribution in [3.63, 3.8) is 0 Å². The van der Waals surface area contributed by atoms with Crippen molar-refractivity contribution in [3.05, 3.63) is 78.9 Å². The third-order valence-corrected chi connectivity index (χ3v) is 4.28. The van der Waals surface area contributed by atoms with Crippen LogP contribution in [0.1, 0.15) is 6.92 Å². The molecule has 0 aliphatic heterocycles. The smallest absolute Gasteiger partial charge is 0.338 e. The number of fused-ring (bicyclic) bond motifs is 6. The van der Waals surface area contributed by atoms with E-state index >= 15 is 0 Å². The third kappa shape index (κ3) is 2.16. The molecular weight excluding hydrogens is 296 g/mol. The van der Waals surface area contributed by atoms with E-state index in [1.165, 1.54) is 5.39 Å². The van der Waals surface area contributed by atoms with Gasteiger partial charge >= 0.3 is 5.97 Å². The normalized spacial score (nSPS) is 11.0. The van der Waals surface area contributed by atoms with Gasteiger partial charge in [-0.2, -0.15) is 0 Å². The number of esters is 1. The third-order valence-electron chi connectivity index (χ3n) is 4.28. The maximum absolute atomic E-state index is 12.0. The molecule has 0 amide bonds. The molecule has 0 aliphatic carbocycles. The summed E-state index contributed by atoms with van der Waals surface area (Å²) >= 11 is 0. The first-order chi connectivity index (χ1) is 11.7. The van der Waals surface area contributed by atoms with E-state index in [0.29, 0.717) is 11.3 Å². The average Bonchev–Trinajstić information content (AvgIpc) is 2.62. The molecule has 0 radical (unpaired) electrons. The van der Waals surface area contributed by atoms with Crippen molar-refractivity contribution in [2.45, 2.75) is 6.92 Å². The lowest BCUT2D eigenvalue weighted by molar-refractivity contribution is -0.129. The van der Waals surface area contributed by atoms with Crippen LogP contribution in [0.15, 0.2) is 78.9 Å². The topological polar surface area (TPSA) is 26.3 Å². The van der Waals surface area contributed by atoms with Crippen molar-refractivity contribution in [3.8, 4) is 5.75 Å². The summed E-state index contributed by atoms with van der Waals surface area (Å²) < 4.78 is 5.61. The van der Waals surface area contributed by atoms with Crippen molar-refractivity contribution < 1.29 is 9.53 Å². The second kappa shape index (κ2) is 5.50. The molecule has 0 aliphatic rings. The first-order valence-corrected chi connectivity index (χ1v) is 7.86. The molecule has 0 spiro atoms. The van der Waals surface area contributed by atoms with Crippen LogP contribution in [0.4, 0.5) is 0 Å². The molecule has 24 heavy (non-hydrogen) atoms.